The fraction of sp³-hybridized carbons (Fsp3) is 0.167. The molecule has 0 aliphatic carbocycles. The van der Waals surface area contributed by atoms with Crippen LogP contribution in [0.2, 0.25) is 0 Å². The molecule has 0 unspecified atom stereocenters. The molecule has 0 saturated carbocycles. The average Bonchev–Trinajstić information content (AvgIpc) is 1.87. The van der Waals surface area contributed by atoms with E-state index in [9.17, 15) is 0 Å². The number of aromatic nitrogens is 1. The maximum atomic E-state index is 8.44. The molecule has 0 atom stereocenters. The van der Waals surface area contributed by atoms with E-state index in [-0.39, 0.29) is 13.5 Å². The molecule has 0 fully saturated rings. The summed E-state index contributed by atoms with van der Waals surface area (Å²) in [5.74, 6) is 0. The molecule has 0 N–H and O–H groups in total. The molecular weight excluding hydrogens is 198 g/mol. The molecule has 1 aromatic heterocycles. The van der Waals surface area contributed by atoms with Gasteiger partial charge < -0.3 is 0 Å². The quantitative estimate of drug-likeness (QED) is 0.621. The summed E-state index contributed by atoms with van der Waals surface area (Å²) < 4.78 is 25.3. The normalized spacial score (nSPS) is 7.08. The Labute approximate surface area is 79.2 Å². The van der Waals surface area contributed by atoms with Crippen LogP contribution in [-0.2, 0) is 10.6 Å². The number of rotatable bonds is 0. The first-order valence-electron chi connectivity index (χ1n) is 2.77. The van der Waals surface area contributed by atoms with Gasteiger partial charge in [0.05, 0.1) is 0 Å². The highest BCUT2D eigenvalue weighted by atomic mass is 32.2. The predicted octanol–water partition coefficient (Wildman–Crippen LogP) is 0.499. The van der Waals surface area contributed by atoms with Gasteiger partial charge in [0.2, 0.25) is 0 Å². The van der Waals surface area contributed by atoms with E-state index in [1.54, 1.807) is 6.20 Å². The molecular formula is C6H9NO3S2. The van der Waals surface area contributed by atoms with E-state index in [1.165, 1.54) is 0 Å². The van der Waals surface area contributed by atoms with Gasteiger partial charge in [0.15, 0.2) is 0 Å². The third-order valence-corrected chi connectivity index (χ3v) is 0.813. The van der Waals surface area contributed by atoms with Crippen molar-refractivity contribution in [2.45, 2.75) is 6.92 Å². The van der Waals surface area contributed by atoms with Crippen LogP contribution >= 0.6 is 13.5 Å². The van der Waals surface area contributed by atoms with Crippen LogP contribution in [0.4, 0.5) is 0 Å². The summed E-state index contributed by atoms with van der Waals surface area (Å²) in [5, 5.41) is 0. The Kier molecular flexibility index (Phi) is 9.38. The van der Waals surface area contributed by atoms with Crippen molar-refractivity contribution < 1.29 is 12.6 Å². The molecule has 1 rings (SSSR count). The zero-order valence-electron chi connectivity index (χ0n) is 6.39. The Morgan fingerprint density at radius 2 is 1.75 bits per heavy atom. The standard InChI is InChI=1S/C6H7N.O3S.H2S/c1-6-4-2-3-5-7-6;1-4(2)3;/h2-5H,1H3;;1H2. The highest BCUT2D eigenvalue weighted by molar-refractivity contribution is 7.59. The van der Waals surface area contributed by atoms with E-state index in [2.05, 4.69) is 4.98 Å². The van der Waals surface area contributed by atoms with Crippen LogP contribution in [0.3, 0.4) is 0 Å². The lowest BCUT2D eigenvalue weighted by atomic mass is 10.4. The highest BCUT2D eigenvalue weighted by Crippen LogP contribution is 1.85. The van der Waals surface area contributed by atoms with Crippen LogP contribution in [-0.4, -0.2) is 17.6 Å². The molecule has 1 aromatic rings. The fourth-order valence-corrected chi connectivity index (χ4v) is 0.448. The largest absolute Gasteiger partial charge is 0.425 e. The van der Waals surface area contributed by atoms with E-state index < -0.39 is 10.6 Å². The summed E-state index contributed by atoms with van der Waals surface area (Å²) in [4.78, 5) is 3.98. The Bertz CT molecular complexity index is 287. The first-order chi connectivity index (χ1) is 5.13. The van der Waals surface area contributed by atoms with Gasteiger partial charge in [-0.2, -0.15) is 13.5 Å². The van der Waals surface area contributed by atoms with Gasteiger partial charge in [-0.25, -0.2) is 0 Å². The Morgan fingerprint density at radius 3 is 1.92 bits per heavy atom. The molecule has 4 nitrogen and oxygen atoms in total. The molecule has 0 saturated heterocycles. The molecule has 0 aliphatic heterocycles. The van der Waals surface area contributed by atoms with Crippen LogP contribution in [0, 0.1) is 6.92 Å². The van der Waals surface area contributed by atoms with Crippen LogP contribution in [0.5, 0.6) is 0 Å². The Balaban J connectivity index is 0. The van der Waals surface area contributed by atoms with Crippen molar-refractivity contribution in [1.29, 1.82) is 0 Å². The maximum absolute atomic E-state index is 8.44. The molecule has 0 amide bonds. The second-order valence-corrected chi connectivity index (χ2v) is 2.08. The number of hydrogen-bond acceptors (Lipinski definition) is 4. The number of nitrogens with zero attached hydrogens (tertiary/aromatic N) is 1. The molecule has 1 heterocycles. The van der Waals surface area contributed by atoms with Gasteiger partial charge in [-0.1, -0.05) is 6.07 Å². The van der Waals surface area contributed by atoms with Crippen molar-refractivity contribution in [3.05, 3.63) is 30.1 Å². The van der Waals surface area contributed by atoms with E-state index >= 15 is 0 Å². The van der Waals surface area contributed by atoms with E-state index in [0.717, 1.165) is 5.69 Å². The van der Waals surface area contributed by atoms with Crippen molar-refractivity contribution in [1.82, 2.24) is 4.98 Å². The molecule has 0 radical (unpaired) electrons. The van der Waals surface area contributed by atoms with E-state index in [1.807, 2.05) is 25.1 Å². The molecule has 12 heavy (non-hydrogen) atoms. The van der Waals surface area contributed by atoms with Crippen molar-refractivity contribution in [2.24, 2.45) is 0 Å². The van der Waals surface area contributed by atoms with Gasteiger partial charge in [-0.15, -0.1) is 12.6 Å². The molecule has 0 bridgehead atoms. The average molecular weight is 207 g/mol. The predicted molar refractivity (Wildman–Crippen MR) is 49.1 cm³/mol. The molecule has 0 spiro atoms. The van der Waals surface area contributed by atoms with Crippen LogP contribution in [0.15, 0.2) is 24.4 Å². The van der Waals surface area contributed by atoms with Crippen LogP contribution < -0.4 is 0 Å². The zero-order chi connectivity index (χ0) is 8.69. The lowest BCUT2D eigenvalue weighted by Gasteiger charge is -1.82. The summed E-state index contributed by atoms with van der Waals surface area (Å²) in [5.41, 5.74) is 1.07. The zero-order valence-corrected chi connectivity index (χ0v) is 8.21. The lowest BCUT2D eigenvalue weighted by Crippen LogP contribution is -1.72. The molecule has 0 aromatic carbocycles. The minimum atomic E-state index is -3.11. The minimum absolute atomic E-state index is 0. The summed E-state index contributed by atoms with van der Waals surface area (Å²) in [6.07, 6.45) is 1.79. The van der Waals surface area contributed by atoms with Gasteiger partial charge in [-0.3, -0.25) is 4.98 Å². The topological polar surface area (TPSA) is 64.1 Å². The lowest BCUT2D eigenvalue weighted by molar-refractivity contribution is 0.559. The van der Waals surface area contributed by atoms with Crippen LogP contribution in [0.25, 0.3) is 0 Å². The monoisotopic (exact) mass is 207 g/mol. The van der Waals surface area contributed by atoms with Gasteiger partial charge in [0.1, 0.15) is 0 Å². The van der Waals surface area contributed by atoms with Gasteiger partial charge in [-0.05, 0) is 19.1 Å². The highest BCUT2D eigenvalue weighted by Gasteiger charge is 1.73. The molecule has 0 aliphatic rings. The first-order valence-corrected chi connectivity index (χ1v) is 3.77. The smallest absolute Gasteiger partial charge is 0.262 e. The summed E-state index contributed by atoms with van der Waals surface area (Å²) in [6, 6.07) is 5.86. The number of pyridine rings is 1. The van der Waals surface area contributed by atoms with Gasteiger partial charge in [0, 0.05) is 11.9 Å². The number of hydrogen-bond donors (Lipinski definition) is 0. The fourth-order valence-electron chi connectivity index (χ4n) is 0.448. The maximum Gasteiger partial charge on any atom is 0.425 e. The van der Waals surface area contributed by atoms with E-state index in [0.29, 0.717) is 0 Å². The second kappa shape index (κ2) is 8.22. The molecule has 68 valence electrons. The SMILES string of the molecule is Cc1ccccn1.O=S(=O)=O.S. The van der Waals surface area contributed by atoms with Crippen LogP contribution in [0.1, 0.15) is 5.69 Å². The summed E-state index contributed by atoms with van der Waals surface area (Å²) >= 11 is 0. The number of aryl methyl sites for hydroxylation is 1. The van der Waals surface area contributed by atoms with Crippen molar-refractivity contribution in [3.8, 4) is 0 Å². The van der Waals surface area contributed by atoms with Crippen molar-refractivity contribution >= 4 is 24.1 Å². The van der Waals surface area contributed by atoms with Gasteiger partial charge in [0.25, 0.3) is 0 Å². The Hall–Kier alpha value is -0.880. The van der Waals surface area contributed by atoms with E-state index in [4.69, 9.17) is 12.6 Å². The Morgan fingerprint density at radius 1 is 1.25 bits per heavy atom. The summed E-state index contributed by atoms with van der Waals surface area (Å²) in [7, 11) is -3.11. The third kappa shape index (κ3) is 11.9. The second-order valence-electron chi connectivity index (χ2n) is 1.68. The minimum Gasteiger partial charge on any atom is -0.262 e. The third-order valence-electron chi connectivity index (χ3n) is 0.813. The van der Waals surface area contributed by atoms with Crippen molar-refractivity contribution in [3.63, 3.8) is 0 Å². The molecule has 6 heteroatoms. The summed E-state index contributed by atoms with van der Waals surface area (Å²) in [6.45, 7) is 1.97. The van der Waals surface area contributed by atoms with Gasteiger partial charge >= 0.3 is 10.6 Å². The van der Waals surface area contributed by atoms with Crippen molar-refractivity contribution in [2.75, 3.05) is 0 Å². The first kappa shape index (κ1) is 13.7.